The van der Waals surface area contributed by atoms with E-state index >= 15 is 0 Å². The molecule has 32 heavy (non-hydrogen) atoms. The van der Waals surface area contributed by atoms with Crippen LogP contribution in [-0.2, 0) is 12.4 Å². The second kappa shape index (κ2) is 6.93. The molecule has 0 aliphatic carbocycles. The fraction of sp³-hybridized carbons (Fsp3) is 0.176. The molecule has 0 aromatic carbocycles. The molecular formula is C17H6F9N5O. The summed E-state index contributed by atoms with van der Waals surface area (Å²) in [6.45, 7) is -3.30. The summed E-state index contributed by atoms with van der Waals surface area (Å²) in [6.07, 6.45) is -9.26. The number of halogens is 9. The lowest BCUT2D eigenvalue weighted by Crippen LogP contribution is -2.25. The van der Waals surface area contributed by atoms with E-state index in [-0.39, 0.29) is 15.3 Å². The van der Waals surface area contributed by atoms with E-state index in [4.69, 9.17) is 0 Å². The van der Waals surface area contributed by atoms with E-state index < -0.39 is 69.3 Å². The van der Waals surface area contributed by atoms with Crippen LogP contribution < -0.4 is 5.56 Å². The minimum atomic E-state index is -5.37. The number of fused-ring (bicyclic) bond motifs is 3. The Balaban J connectivity index is 2.26. The lowest BCUT2D eigenvalue weighted by molar-refractivity contribution is -0.143. The second-order valence-corrected chi connectivity index (χ2v) is 6.35. The Morgan fingerprint density at radius 2 is 1.62 bits per heavy atom. The van der Waals surface area contributed by atoms with E-state index in [0.717, 1.165) is 12.3 Å². The maximum absolute atomic E-state index is 14.2. The van der Waals surface area contributed by atoms with Crippen molar-refractivity contribution in [3.63, 3.8) is 0 Å². The molecule has 0 atom stereocenters. The van der Waals surface area contributed by atoms with Crippen molar-refractivity contribution in [2.75, 3.05) is 0 Å². The van der Waals surface area contributed by atoms with Crippen LogP contribution in [0, 0.1) is 5.82 Å². The molecule has 4 rings (SSSR count). The molecule has 0 radical (unpaired) electrons. The molecule has 0 aliphatic rings. The first-order chi connectivity index (χ1) is 14.8. The zero-order valence-electron chi connectivity index (χ0n) is 15.0. The van der Waals surface area contributed by atoms with Crippen molar-refractivity contribution in [2.24, 2.45) is 0 Å². The van der Waals surface area contributed by atoms with Gasteiger partial charge in [0, 0.05) is 23.2 Å². The van der Waals surface area contributed by atoms with E-state index in [9.17, 15) is 44.3 Å². The predicted molar refractivity (Wildman–Crippen MR) is 89.6 cm³/mol. The predicted octanol–water partition coefficient (Wildman–Crippen LogP) is 4.70. The quantitative estimate of drug-likeness (QED) is 0.401. The summed E-state index contributed by atoms with van der Waals surface area (Å²) in [6, 6.07) is 1.91. The summed E-state index contributed by atoms with van der Waals surface area (Å²) >= 11 is 0. The topological polar surface area (TPSA) is 65.6 Å². The van der Waals surface area contributed by atoms with Gasteiger partial charge in [-0.25, -0.2) is 19.0 Å². The first kappa shape index (κ1) is 21.6. The minimum absolute atomic E-state index is 0.0423. The lowest BCUT2D eigenvalue weighted by Gasteiger charge is -2.16. The van der Waals surface area contributed by atoms with Crippen molar-refractivity contribution < 1.29 is 39.5 Å². The van der Waals surface area contributed by atoms with Gasteiger partial charge in [-0.05, 0) is 18.2 Å². The summed E-state index contributed by atoms with van der Waals surface area (Å²) in [7, 11) is 0. The first-order valence-corrected chi connectivity index (χ1v) is 8.32. The third-order valence-corrected chi connectivity index (χ3v) is 4.36. The van der Waals surface area contributed by atoms with Crippen LogP contribution in [0.3, 0.4) is 0 Å². The summed E-state index contributed by atoms with van der Waals surface area (Å²) < 4.78 is 120. The smallest absolute Gasteiger partial charge is 0.266 e. The van der Waals surface area contributed by atoms with E-state index in [1.54, 1.807) is 0 Å². The highest BCUT2D eigenvalue weighted by Crippen LogP contribution is 2.36. The SMILES string of the molecule is O=c1c2nn(C(F)F)cc2c2cc(F)c(C(F)(F)F)nc2n1-c1cccnc1C(F)(F)F. The number of nitrogens with zero attached hydrogens (tertiary/aromatic N) is 5. The van der Waals surface area contributed by atoms with Crippen LogP contribution in [0.2, 0.25) is 0 Å². The van der Waals surface area contributed by atoms with Crippen molar-refractivity contribution in [1.82, 2.24) is 24.3 Å². The molecule has 168 valence electrons. The standard InChI is InChI=1S/C17H6F9N5O/c18-8-4-6-7-5-30(15(19)20)29-10(7)14(32)31(13(6)28-11(8)16(21,22)23)9-2-1-3-27-12(9)17(24,25)26/h1-5,15H. The van der Waals surface area contributed by atoms with E-state index in [0.29, 0.717) is 12.3 Å². The average Bonchev–Trinajstić information content (AvgIpc) is 3.13. The molecule has 0 aliphatic heterocycles. The molecule has 0 saturated heterocycles. The van der Waals surface area contributed by atoms with Gasteiger partial charge in [-0.15, -0.1) is 0 Å². The molecule has 4 heterocycles. The zero-order chi connectivity index (χ0) is 23.6. The van der Waals surface area contributed by atoms with Gasteiger partial charge >= 0.3 is 18.9 Å². The molecule has 0 unspecified atom stereocenters. The maximum atomic E-state index is 14.2. The van der Waals surface area contributed by atoms with Gasteiger partial charge in [-0.2, -0.15) is 40.2 Å². The molecule has 4 aromatic rings. The molecule has 0 saturated carbocycles. The molecule has 15 heteroatoms. The lowest BCUT2D eigenvalue weighted by atomic mass is 10.1. The Kier molecular flexibility index (Phi) is 4.67. The van der Waals surface area contributed by atoms with E-state index in [1.807, 2.05) is 0 Å². The molecule has 0 fully saturated rings. The maximum Gasteiger partial charge on any atom is 0.436 e. The van der Waals surface area contributed by atoms with Crippen LogP contribution in [0.15, 0.2) is 35.4 Å². The van der Waals surface area contributed by atoms with Gasteiger partial charge in [-0.1, -0.05) is 0 Å². The van der Waals surface area contributed by atoms with Crippen LogP contribution in [0.25, 0.3) is 27.6 Å². The first-order valence-electron chi connectivity index (χ1n) is 8.32. The van der Waals surface area contributed by atoms with Gasteiger partial charge < -0.3 is 0 Å². The van der Waals surface area contributed by atoms with Crippen molar-refractivity contribution in [3.8, 4) is 5.69 Å². The molecule has 0 N–H and O–H groups in total. The average molecular weight is 467 g/mol. The number of alkyl halides is 8. The highest BCUT2D eigenvalue weighted by molar-refractivity contribution is 6.03. The third kappa shape index (κ3) is 3.33. The van der Waals surface area contributed by atoms with Crippen LogP contribution in [0.4, 0.5) is 39.5 Å². The van der Waals surface area contributed by atoms with Gasteiger partial charge in [0.1, 0.15) is 5.65 Å². The third-order valence-electron chi connectivity index (χ3n) is 4.36. The van der Waals surface area contributed by atoms with Crippen LogP contribution in [-0.4, -0.2) is 24.3 Å². The highest BCUT2D eigenvalue weighted by atomic mass is 19.4. The monoisotopic (exact) mass is 467 g/mol. The van der Waals surface area contributed by atoms with Gasteiger partial charge in [0.15, 0.2) is 22.7 Å². The Labute approximate surface area is 169 Å². The van der Waals surface area contributed by atoms with Crippen LogP contribution in [0.1, 0.15) is 17.9 Å². The largest absolute Gasteiger partial charge is 0.436 e. The number of hydrogen-bond donors (Lipinski definition) is 0. The van der Waals surface area contributed by atoms with E-state index in [2.05, 4.69) is 15.1 Å². The van der Waals surface area contributed by atoms with Crippen molar-refractivity contribution in [3.05, 3.63) is 58.2 Å². The number of rotatable bonds is 2. The Morgan fingerprint density at radius 3 is 2.22 bits per heavy atom. The Bertz CT molecular complexity index is 1420. The number of aromatic nitrogens is 5. The zero-order valence-corrected chi connectivity index (χ0v) is 15.0. The summed E-state index contributed by atoms with van der Waals surface area (Å²) in [5.74, 6) is -1.93. The van der Waals surface area contributed by atoms with Crippen LogP contribution in [0.5, 0.6) is 0 Å². The van der Waals surface area contributed by atoms with Crippen molar-refractivity contribution in [2.45, 2.75) is 18.9 Å². The minimum Gasteiger partial charge on any atom is -0.266 e. The normalized spacial score (nSPS) is 12.9. The second-order valence-electron chi connectivity index (χ2n) is 6.35. The number of hydrogen-bond acceptors (Lipinski definition) is 4. The highest BCUT2D eigenvalue weighted by Gasteiger charge is 2.39. The van der Waals surface area contributed by atoms with Crippen LogP contribution >= 0.6 is 0 Å². The molecule has 0 spiro atoms. The summed E-state index contributed by atoms with van der Waals surface area (Å²) in [5, 5.41) is 2.13. The van der Waals surface area contributed by atoms with Gasteiger partial charge in [0.2, 0.25) is 0 Å². The fourth-order valence-electron chi connectivity index (χ4n) is 3.11. The van der Waals surface area contributed by atoms with Crippen molar-refractivity contribution in [1.29, 1.82) is 0 Å². The summed E-state index contributed by atoms with van der Waals surface area (Å²) in [5.41, 5.74) is -8.21. The molecular weight excluding hydrogens is 461 g/mol. The Morgan fingerprint density at radius 1 is 0.969 bits per heavy atom. The molecule has 4 aromatic heterocycles. The number of pyridine rings is 3. The molecule has 6 nitrogen and oxygen atoms in total. The Hall–Kier alpha value is -3.65. The van der Waals surface area contributed by atoms with Gasteiger partial charge in [0.05, 0.1) is 5.69 Å². The fourth-order valence-corrected chi connectivity index (χ4v) is 3.11. The molecule has 0 amide bonds. The van der Waals surface area contributed by atoms with Gasteiger partial charge in [-0.3, -0.25) is 9.36 Å². The molecule has 0 bridgehead atoms. The van der Waals surface area contributed by atoms with E-state index in [1.165, 1.54) is 0 Å². The van der Waals surface area contributed by atoms with Gasteiger partial charge in [0.25, 0.3) is 5.56 Å². The van der Waals surface area contributed by atoms with Crippen molar-refractivity contribution >= 4 is 21.9 Å². The summed E-state index contributed by atoms with van der Waals surface area (Å²) in [4.78, 5) is 19.1.